The third kappa shape index (κ3) is 1.60. The molecule has 0 fully saturated rings. The summed E-state index contributed by atoms with van der Waals surface area (Å²) in [6.45, 7) is 6.47. The largest absolute Gasteiger partial charge is 0.371 e. The summed E-state index contributed by atoms with van der Waals surface area (Å²) in [5.41, 5.74) is 0. The van der Waals surface area contributed by atoms with E-state index in [1.165, 1.54) is 0 Å². The zero-order valence-corrected chi connectivity index (χ0v) is 7.00. The van der Waals surface area contributed by atoms with Crippen molar-refractivity contribution < 1.29 is 4.74 Å². The van der Waals surface area contributed by atoms with E-state index in [1.807, 2.05) is 0 Å². The maximum absolute atomic E-state index is 5.66. The first kappa shape index (κ1) is 7.80. The predicted octanol–water partition coefficient (Wildman–Crippen LogP) is 2.38. The van der Waals surface area contributed by atoms with E-state index >= 15 is 0 Å². The highest BCUT2D eigenvalue weighted by Gasteiger charge is 2.19. The van der Waals surface area contributed by atoms with Crippen LogP contribution in [0.5, 0.6) is 0 Å². The molecule has 1 heteroatoms. The van der Waals surface area contributed by atoms with Crippen molar-refractivity contribution in [3.63, 3.8) is 0 Å². The first-order valence-electron chi connectivity index (χ1n) is 4.07. The second-order valence-corrected chi connectivity index (χ2v) is 3.03. The molecule has 58 valence electrons. The smallest absolute Gasteiger partial charge is 0.0731 e. The van der Waals surface area contributed by atoms with E-state index in [0.29, 0.717) is 18.1 Å². The fourth-order valence-electron chi connectivity index (χ4n) is 1.37. The van der Waals surface area contributed by atoms with Crippen molar-refractivity contribution in [1.82, 2.24) is 0 Å². The highest BCUT2D eigenvalue weighted by atomic mass is 16.5. The minimum absolute atomic E-state index is 0.321. The number of hydrogen-bond donors (Lipinski definition) is 0. The fourth-order valence-corrected chi connectivity index (χ4v) is 1.37. The van der Waals surface area contributed by atoms with E-state index in [-0.39, 0.29) is 0 Å². The quantitative estimate of drug-likeness (QED) is 0.508. The van der Waals surface area contributed by atoms with Gasteiger partial charge in [-0.25, -0.2) is 0 Å². The van der Waals surface area contributed by atoms with Crippen LogP contribution in [-0.2, 0) is 4.74 Å². The molecule has 1 nitrogen and oxygen atoms in total. The molecule has 0 aromatic rings. The maximum Gasteiger partial charge on any atom is 0.0731 e. The average Bonchev–Trinajstić information content (AvgIpc) is 1.94. The lowest BCUT2D eigenvalue weighted by Crippen LogP contribution is -2.27. The Morgan fingerprint density at radius 1 is 1.30 bits per heavy atom. The van der Waals surface area contributed by atoms with Crippen molar-refractivity contribution in [2.24, 2.45) is 5.92 Å². The molecule has 0 saturated carbocycles. The second-order valence-electron chi connectivity index (χ2n) is 3.03. The van der Waals surface area contributed by atoms with Crippen LogP contribution >= 0.6 is 0 Å². The van der Waals surface area contributed by atoms with Crippen LogP contribution in [0.3, 0.4) is 0 Å². The van der Waals surface area contributed by atoms with Gasteiger partial charge in [0.2, 0.25) is 0 Å². The highest BCUT2D eigenvalue weighted by molar-refractivity contribution is 4.98. The standard InChI is InChI=1S/C9H16O/c1-4-9-7(2)5-6-8(3)10-9/h5-9H,4H2,1-3H3/t7-,8?,9?/m1/s1. The molecule has 0 radical (unpaired) electrons. The van der Waals surface area contributed by atoms with Gasteiger partial charge in [0.1, 0.15) is 0 Å². The second kappa shape index (κ2) is 3.20. The Morgan fingerprint density at radius 2 is 2.00 bits per heavy atom. The van der Waals surface area contributed by atoms with Crippen LogP contribution in [0, 0.1) is 5.92 Å². The molecular weight excluding hydrogens is 124 g/mol. The molecule has 0 aromatic heterocycles. The van der Waals surface area contributed by atoms with Gasteiger partial charge in [-0.15, -0.1) is 0 Å². The average molecular weight is 140 g/mol. The molecule has 0 aliphatic carbocycles. The Morgan fingerprint density at radius 3 is 2.50 bits per heavy atom. The lowest BCUT2D eigenvalue weighted by molar-refractivity contribution is -0.0107. The van der Waals surface area contributed by atoms with Gasteiger partial charge in [0.15, 0.2) is 0 Å². The number of hydrogen-bond acceptors (Lipinski definition) is 1. The van der Waals surface area contributed by atoms with E-state index in [2.05, 4.69) is 32.9 Å². The topological polar surface area (TPSA) is 9.23 Å². The summed E-state index contributed by atoms with van der Waals surface area (Å²) >= 11 is 0. The van der Waals surface area contributed by atoms with Gasteiger partial charge in [0, 0.05) is 5.92 Å². The van der Waals surface area contributed by atoms with Crippen LogP contribution < -0.4 is 0 Å². The molecule has 2 unspecified atom stereocenters. The van der Waals surface area contributed by atoms with Crippen LogP contribution in [0.4, 0.5) is 0 Å². The lowest BCUT2D eigenvalue weighted by atomic mass is 9.99. The summed E-state index contributed by atoms with van der Waals surface area (Å²) in [7, 11) is 0. The van der Waals surface area contributed by atoms with Gasteiger partial charge in [-0.1, -0.05) is 26.0 Å². The first-order valence-corrected chi connectivity index (χ1v) is 4.07. The van der Waals surface area contributed by atoms with Gasteiger partial charge in [0.25, 0.3) is 0 Å². The molecule has 3 atom stereocenters. The molecule has 0 saturated heterocycles. The van der Waals surface area contributed by atoms with E-state index in [4.69, 9.17) is 4.74 Å². The van der Waals surface area contributed by atoms with Crippen LogP contribution in [-0.4, -0.2) is 12.2 Å². The molecule has 0 spiro atoms. The fraction of sp³-hybridized carbons (Fsp3) is 0.778. The molecule has 10 heavy (non-hydrogen) atoms. The zero-order valence-electron chi connectivity index (χ0n) is 7.00. The Kier molecular flexibility index (Phi) is 2.50. The minimum atomic E-state index is 0.321. The van der Waals surface area contributed by atoms with E-state index in [1.54, 1.807) is 0 Å². The Labute approximate surface area is 63.1 Å². The van der Waals surface area contributed by atoms with E-state index < -0.39 is 0 Å². The SMILES string of the molecule is CCC1OC(C)C=C[C@H]1C. The van der Waals surface area contributed by atoms with Gasteiger partial charge in [-0.3, -0.25) is 0 Å². The highest BCUT2D eigenvalue weighted by Crippen LogP contribution is 2.19. The Hall–Kier alpha value is -0.300. The predicted molar refractivity (Wildman–Crippen MR) is 42.9 cm³/mol. The molecule has 1 aliphatic heterocycles. The first-order chi connectivity index (χ1) is 4.74. The maximum atomic E-state index is 5.66. The molecule has 0 bridgehead atoms. The monoisotopic (exact) mass is 140 g/mol. The minimum Gasteiger partial charge on any atom is -0.371 e. The normalized spacial score (nSPS) is 40.1. The lowest BCUT2D eigenvalue weighted by Gasteiger charge is -2.27. The van der Waals surface area contributed by atoms with Crippen molar-refractivity contribution in [2.75, 3.05) is 0 Å². The molecule has 0 aromatic carbocycles. The summed E-state index contributed by atoms with van der Waals surface area (Å²) in [6, 6.07) is 0. The van der Waals surface area contributed by atoms with E-state index in [0.717, 1.165) is 6.42 Å². The van der Waals surface area contributed by atoms with Gasteiger partial charge in [0.05, 0.1) is 12.2 Å². The summed E-state index contributed by atoms with van der Waals surface area (Å²) in [5, 5.41) is 0. The van der Waals surface area contributed by atoms with Crippen molar-refractivity contribution in [1.29, 1.82) is 0 Å². The summed E-state index contributed by atoms with van der Waals surface area (Å²) in [5.74, 6) is 0.598. The number of rotatable bonds is 1. The van der Waals surface area contributed by atoms with Gasteiger partial charge in [-0.05, 0) is 13.3 Å². The summed E-state index contributed by atoms with van der Waals surface area (Å²) in [4.78, 5) is 0. The molecule has 0 N–H and O–H groups in total. The van der Waals surface area contributed by atoms with Crippen LogP contribution in [0.2, 0.25) is 0 Å². The van der Waals surface area contributed by atoms with Crippen LogP contribution in [0.15, 0.2) is 12.2 Å². The van der Waals surface area contributed by atoms with Crippen molar-refractivity contribution >= 4 is 0 Å². The zero-order chi connectivity index (χ0) is 7.56. The molecular formula is C9H16O. The van der Waals surface area contributed by atoms with Crippen LogP contribution in [0.25, 0.3) is 0 Å². The summed E-state index contributed by atoms with van der Waals surface area (Å²) in [6.07, 6.45) is 6.27. The van der Waals surface area contributed by atoms with E-state index in [9.17, 15) is 0 Å². The van der Waals surface area contributed by atoms with Crippen molar-refractivity contribution in [3.8, 4) is 0 Å². The third-order valence-electron chi connectivity index (χ3n) is 2.06. The Balaban J connectivity index is 2.53. The molecule has 0 amide bonds. The van der Waals surface area contributed by atoms with Gasteiger partial charge >= 0.3 is 0 Å². The third-order valence-corrected chi connectivity index (χ3v) is 2.06. The van der Waals surface area contributed by atoms with Gasteiger partial charge in [-0.2, -0.15) is 0 Å². The van der Waals surface area contributed by atoms with Gasteiger partial charge < -0.3 is 4.74 Å². The number of ether oxygens (including phenoxy) is 1. The molecule has 1 heterocycles. The van der Waals surface area contributed by atoms with Crippen LogP contribution in [0.1, 0.15) is 27.2 Å². The van der Waals surface area contributed by atoms with Crippen molar-refractivity contribution in [3.05, 3.63) is 12.2 Å². The Bertz CT molecular complexity index is 129. The summed E-state index contributed by atoms with van der Waals surface area (Å²) < 4.78 is 5.66. The molecule has 1 aliphatic rings. The molecule has 1 rings (SSSR count). The van der Waals surface area contributed by atoms with Crippen molar-refractivity contribution in [2.45, 2.75) is 39.4 Å².